The molecule has 0 aliphatic carbocycles. The molecule has 3 amide bonds. The maximum atomic E-state index is 13.8. The lowest BCUT2D eigenvalue weighted by Crippen LogP contribution is -2.46. The molecule has 4 rings (SSSR count). The minimum atomic E-state index is -1.34. The summed E-state index contributed by atoms with van der Waals surface area (Å²) in [6, 6.07) is 16.4. The first-order valence-corrected chi connectivity index (χ1v) is 15.4. The molecule has 0 bridgehead atoms. The molecule has 0 radical (unpaired) electrons. The number of nitrogens with two attached hydrogens (primary N) is 1. The zero-order valence-corrected chi connectivity index (χ0v) is 26.9. The average molecular weight is 705 g/mol. The van der Waals surface area contributed by atoms with Crippen molar-refractivity contribution in [2.45, 2.75) is 37.3 Å². The Kier molecular flexibility index (Phi) is 11.3. The van der Waals surface area contributed by atoms with Crippen molar-refractivity contribution in [1.82, 2.24) is 10.6 Å². The Morgan fingerprint density at radius 3 is 2.55 bits per heavy atom. The maximum Gasteiger partial charge on any atom is 0.328 e. The summed E-state index contributed by atoms with van der Waals surface area (Å²) in [5.74, 6) is -2.06. The Hall–Kier alpha value is -3.64. The van der Waals surface area contributed by atoms with Crippen LogP contribution in [0.5, 0.6) is 0 Å². The number of methoxy groups -OCH3 is 1. The number of hydrogen-bond acceptors (Lipinski definition) is 7. The minimum absolute atomic E-state index is 0.189. The molecule has 1 aliphatic heterocycles. The van der Waals surface area contributed by atoms with Gasteiger partial charge >= 0.3 is 5.97 Å². The van der Waals surface area contributed by atoms with Crippen molar-refractivity contribution >= 4 is 74.2 Å². The fourth-order valence-corrected chi connectivity index (χ4v) is 5.82. The summed E-state index contributed by atoms with van der Waals surface area (Å²) in [6.07, 6.45) is 1.86. The van der Waals surface area contributed by atoms with E-state index in [1.54, 1.807) is 54.6 Å². The van der Waals surface area contributed by atoms with Gasteiger partial charge in [0.1, 0.15) is 11.6 Å². The van der Waals surface area contributed by atoms with Gasteiger partial charge in [-0.25, -0.2) is 4.79 Å². The third-order valence-electron chi connectivity index (χ3n) is 7.19. The number of carbonyl (C=O) groups is 4. The van der Waals surface area contributed by atoms with E-state index in [0.717, 1.165) is 5.56 Å². The summed E-state index contributed by atoms with van der Waals surface area (Å²) in [5.41, 5.74) is 6.69. The van der Waals surface area contributed by atoms with E-state index >= 15 is 0 Å². The molecule has 44 heavy (non-hydrogen) atoms. The fraction of sp³-hybridized carbons (Fsp3) is 0.290. The van der Waals surface area contributed by atoms with Crippen LogP contribution < -0.4 is 27.0 Å². The number of rotatable bonds is 13. The van der Waals surface area contributed by atoms with Crippen molar-refractivity contribution in [2.75, 3.05) is 30.8 Å². The van der Waals surface area contributed by atoms with Gasteiger partial charge in [-0.15, -0.1) is 0 Å². The Bertz CT molecular complexity index is 1570. The average Bonchev–Trinajstić information content (AvgIpc) is 3.24. The van der Waals surface area contributed by atoms with Crippen LogP contribution >= 0.6 is 39.1 Å². The molecule has 0 spiro atoms. The van der Waals surface area contributed by atoms with E-state index in [1.807, 2.05) is 6.07 Å². The second-order valence-electron chi connectivity index (χ2n) is 10.3. The van der Waals surface area contributed by atoms with E-state index in [9.17, 15) is 19.2 Å². The Morgan fingerprint density at radius 2 is 1.82 bits per heavy atom. The molecule has 1 unspecified atom stereocenters. The van der Waals surface area contributed by atoms with Gasteiger partial charge in [0.25, 0.3) is 11.8 Å². The Labute approximate surface area is 273 Å². The molecule has 0 fully saturated rings. The summed E-state index contributed by atoms with van der Waals surface area (Å²) in [7, 11) is 1.24. The Morgan fingerprint density at radius 1 is 1.05 bits per heavy atom. The van der Waals surface area contributed by atoms with E-state index < -0.39 is 35.9 Å². The van der Waals surface area contributed by atoms with Crippen LogP contribution in [0.2, 0.25) is 10.0 Å². The number of halogens is 3. The number of fused-ring (bicyclic) bond motifs is 1. The van der Waals surface area contributed by atoms with E-state index in [4.69, 9.17) is 33.7 Å². The highest BCUT2D eigenvalue weighted by Gasteiger charge is 2.47. The van der Waals surface area contributed by atoms with E-state index in [1.165, 1.54) is 7.11 Å². The smallest absolute Gasteiger partial charge is 0.328 e. The Balaban J connectivity index is 1.60. The quantitative estimate of drug-likeness (QED) is 0.127. The summed E-state index contributed by atoms with van der Waals surface area (Å²) < 4.78 is 5.45. The van der Waals surface area contributed by atoms with E-state index in [-0.39, 0.29) is 17.9 Å². The molecule has 6 N–H and O–H groups in total. The largest absolute Gasteiger partial charge is 0.467 e. The molecular formula is C31H32BrCl2N5O5. The third kappa shape index (κ3) is 7.89. The summed E-state index contributed by atoms with van der Waals surface area (Å²) in [5, 5.41) is 12.4. The first kappa shape index (κ1) is 33.3. The van der Waals surface area contributed by atoms with Gasteiger partial charge in [-0.05, 0) is 73.8 Å². The first-order chi connectivity index (χ1) is 21.1. The number of hydrogen-bond donors (Lipinski definition) is 5. The number of carbonyl (C=O) groups excluding carboxylic acids is 4. The third-order valence-corrected chi connectivity index (χ3v) is 8.15. The zero-order chi connectivity index (χ0) is 31.9. The van der Waals surface area contributed by atoms with Gasteiger partial charge in [0.15, 0.2) is 0 Å². The summed E-state index contributed by atoms with van der Waals surface area (Å²) >= 11 is 16.0. The van der Waals surface area contributed by atoms with Crippen LogP contribution in [-0.4, -0.2) is 49.9 Å². The lowest BCUT2D eigenvalue weighted by molar-refractivity contribution is -0.145. The van der Waals surface area contributed by atoms with Crippen LogP contribution in [0, 0.1) is 0 Å². The monoisotopic (exact) mass is 703 g/mol. The molecule has 10 nitrogen and oxygen atoms in total. The predicted octanol–water partition coefficient (Wildman–Crippen LogP) is 4.77. The number of unbranched alkanes of at least 4 members (excludes halogenated alkanes) is 1. The van der Waals surface area contributed by atoms with Crippen LogP contribution in [0.4, 0.5) is 11.4 Å². The van der Waals surface area contributed by atoms with Gasteiger partial charge in [0.2, 0.25) is 5.91 Å². The molecule has 0 saturated heterocycles. The van der Waals surface area contributed by atoms with Crippen molar-refractivity contribution in [2.24, 2.45) is 5.73 Å². The first-order valence-electron chi connectivity index (χ1n) is 13.9. The molecule has 0 saturated carbocycles. The van der Waals surface area contributed by atoms with E-state index in [0.29, 0.717) is 57.3 Å². The highest BCUT2D eigenvalue weighted by Crippen LogP contribution is 2.43. The highest BCUT2D eigenvalue weighted by atomic mass is 79.9. The van der Waals surface area contributed by atoms with Gasteiger partial charge in [0.05, 0.1) is 19.2 Å². The molecule has 232 valence electrons. The number of ether oxygens (including phenoxy) is 1. The molecule has 13 heteroatoms. The van der Waals surface area contributed by atoms with Crippen LogP contribution in [0.1, 0.15) is 40.7 Å². The van der Waals surface area contributed by atoms with Crippen molar-refractivity contribution in [3.63, 3.8) is 0 Å². The molecule has 1 aliphatic rings. The molecule has 2 atom stereocenters. The van der Waals surface area contributed by atoms with Crippen LogP contribution in [0.3, 0.4) is 0 Å². The second-order valence-corrected chi connectivity index (χ2v) is 12.1. The van der Waals surface area contributed by atoms with Gasteiger partial charge < -0.3 is 31.7 Å². The molecule has 3 aromatic carbocycles. The van der Waals surface area contributed by atoms with Crippen molar-refractivity contribution in [3.05, 3.63) is 91.9 Å². The molecule has 3 aromatic rings. The SMILES string of the molecule is COC(=O)[C@H](CCCCN)NC(=O)CNC(=O)c1ccc(Br)cc1NC1(Cc2cccc(Cl)c2)C(=O)Nc2cc(Cl)ccc21. The number of esters is 1. The fourth-order valence-electron chi connectivity index (χ4n) is 5.07. The van der Waals surface area contributed by atoms with Crippen LogP contribution in [0.25, 0.3) is 0 Å². The molecule has 0 aromatic heterocycles. The summed E-state index contributed by atoms with van der Waals surface area (Å²) in [4.78, 5) is 52.0. The minimum Gasteiger partial charge on any atom is -0.467 e. The van der Waals surface area contributed by atoms with Crippen molar-refractivity contribution in [1.29, 1.82) is 0 Å². The number of nitrogens with one attached hydrogen (secondary N) is 4. The van der Waals surface area contributed by atoms with Gasteiger partial charge in [-0.1, -0.05) is 57.3 Å². The maximum absolute atomic E-state index is 13.8. The van der Waals surface area contributed by atoms with Gasteiger partial charge in [0, 0.05) is 37.9 Å². The van der Waals surface area contributed by atoms with Gasteiger partial charge in [-0.2, -0.15) is 0 Å². The number of benzene rings is 3. The topological polar surface area (TPSA) is 152 Å². The normalized spacial score (nSPS) is 16.0. The second kappa shape index (κ2) is 14.9. The highest BCUT2D eigenvalue weighted by molar-refractivity contribution is 9.10. The number of amides is 3. The van der Waals surface area contributed by atoms with Gasteiger partial charge in [-0.3, -0.25) is 14.4 Å². The van der Waals surface area contributed by atoms with Crippen LogP contribution in [-0.2, 0) is 31.1 Å². The standard InChI is InChI=1S/C31H32BrCl2N5O5/c1-44-29(42)24(7-2-3-12-35)37-27(40)17-36-28(41)22-10-8-19(32)14-25(22)39-31(16-18-5-4-6-20(33)13-18)23-11-9-21(34)15-26(23)38-30(31)43/h4-6,8-11,13-15,24,39H,2-3,7,12,16-17,35H2,1H3,(H,36,41)(H,37,40)(H,38,43)/t24-,31?/m0/s1. The lowest BCUT2D eigenvalue weighted by Gasteiger charge is -2.31. The van der Waals surface area contributed by atoms with Crippen LogP contribution in [0.15, 0.2) is 65.1 Å². The predicted molar refractivity (Wildman–Crippen MR) is 174 cm³/mol. The molecular weight excluding hydrogens is 673 g/mol. The van der Waals surface area contributed by atoms with E-state index in [2.05, 4.69) is 37.2 Å². The zero-order valence-electron chi connectivity index (χ0n) is 23.8. The van der Waals surface area contributed by atoms with Crippen molar-refractivity contribution < 1.29 is 23.9 Å². The number of anilines is 2. The molecule has 1 heterocycles. The van der Waals surface area contributed by atoms with Crippen molar-refractivity contribution in [3.8, 4) is 0 Å². The summed E-state index contributed by atoms with van der Waals surface area (Å²) in [6.45, 7) is 0.0665. The lowest BCUT2D eigenvalue weighted by atomic mass is 9.84.